The van der Waals surface area contributed by atoms with E-state index in [1.165, 1.54) is 0 Å². The van der Waals surface area contributed by atoms with Crippen molar-refractivity contribution in [2.75, 3.05) is 0 Å². The Balaban J connectivity index is 2.08. The van der Waals surface area contributed by atoms with Crippen molar-refractivity contribution in [2.24, 2.45) is 7.05 Å². The Bertz CT molecular complexity index is 497. The molecule has 0 saturated carbocycles. The maximum absolute atomic E-state index is 5.97. The second-order valence-corrected chi connectivity index (χ2v) is 4.63. The van der Waals surface area contributed by atoms with E-state index >= 15 is 0 Å². The summed E-state index contributed by atoms with van der Waals surface area (Å²) in [6.07, 6.45) is 1.68. The Morgan fingerprint density at radius 3 is 2.88 bits per heavy atom. The lowest BCUT2D eigenvalue weighted by molar-refractivity contribution is 0.765. The van der Waals surface area contributed by atoms with Gasteiger partial charge in [0, 0.05) is 19.0 Å². The van der Waals surface area contributed by atoms with Gasteiger partial charge in [-0.2, -0.15) is 0 Å². The minimum Gasteiger partial charge on any atom is -0.309 e. The van der Waals surface area contributed by atoms with Gasteiger partial charge in [-0.05, 0) is 18.6 Å². The van der Waals surface area contributed by atoms with Crippen molar-refractivity contribution in [1.82, 2.24) is 19.7 Å². The highest BCUT2D eigenvalue weighted by molar-refractivity contribution is 7.98. The van der Waals surface area contributed by atoms with Crippen LogP contribution in [0.1, 0.15) is 11.4 Å². The molecule has 2 heterocycles. The minimum atomic E-state index is 0.550. The van der Waals surface area contributed by atoms with Crippen molar-refractivity contribution in [3.8, 4) is 0 Å². The molecule has 0 aliphatic heterocycles. The lowest BCUT2D eigenvalue weighted by Gasteiger charge is -2.02. The Kier molecular flexibility index (Phi) is 3.46. The average molecular weight is 255 g/mol. The van der Waals surface area contributed by atoms with E-state index in [9.17, 15) is 0 Å². The van der Waals surface area contributed by atoms with Crippen LogP contribution in [0.2, 0.25) is 5.15 Å². The number of pyridine rings is 1. The molecule has 2 rings (SSSR count). The van der Waals surface area contributed by atoms with Crippen molar-refractivity contribution in [3.05, 3.63) is 34.9 Å². The number of aryl methyl sites for hydroxylation is 1. The first-order valence-electron chi connectivity index (χ1n) is 4.76. The van der Waals surface area contributed by atoms with Gasteiger partial charge in [0.05, 0.1) is 0 Å². The highest BCUT2D eigenvalue weighted by atomic mass is 35.5. The molecule has 0 N–H and O–H groups in total. The van der Waals surface area contributed by atoms with E-state index in [1.807, 2.05) is 30.7 Å². The van der Waals surface area contributed by atoms with Crippen LogP contribution in [-0.2, 0) is 12.8 Å². The third kappa shape index (κ3) is 2.36. The maximum Gasteiger partial charge on any atom is 0.191 e. The molecular formula is C10H11ClN4S. The Morgan fingerprint density at radius 1 is 1.44 bits per heavy atom. The molecule has 84 valence electrons. The molecule has 0 atom stereocenters. The first-order valence-corrected chi connectivity index (χ1v) is 6.13. The van der Waals surface area contributed by atoms with E-state index in [4.69, 9.17) is 11.6 Å². The maximum atomic E-state index is 5.97. The van der Waals surface area contributed by atoms with Crippen LogP contribution < -0.4 is 0 Å². The zero-order valence-electron chi connectivity index (χ0n) is 9.01. The highest BCUT2D eigenvalue weighted by Gasteiger charge is 2.07. The van der Waals surface area contributed by atoms with Crippen LogP contribution >= 0.6 is 23.4 Å². The average Bonchev–Trinajstić information content (AvgIpc) is 2.59. The van der Waals surface area contributed by atoms with E-state index in [-0.39, 0.29) is 0 Å². The number of rotatable bonds is 3. The van der Waals surface area contributed by atoms with Gasteiger partial charge in [0.2, 0.25) is 0 Å². The number of hydrogen-bond acceptors (Lipinski definition) is 4. The third-order valence-electron chi connectivity index (χ3n) is 2.25. The van der Waals surface area contributed by atoms with Crippen LogP contribution in [0.4, 0.5) is 0 Å². The largest absolute Gasteiger partial charge is 0.309 e. The molecule has 0 aliphatic carbocycles. The second kappa shape index (κ2) is 4.84. The summed E-state index contributed by atoms with van der Waals surface area (Å²) in [5.74, 6) is 1.65. The molecule has 2 aromatic rings. The van der Waals surface area contributed by atoms with Crippen molar-refractivity contribution in [3.63, 3.8) is 0 Å². The molecular weight excluding hydrogens is 244 g/mol. The normalized spacial score (nSPS) is 10.7. The van der Waals surface area contributed by atoms with Crippen LogP contribution in [0.25, 0.3) is 0 Å². The molecule has 2 aromatic heterocycles. The summed E-state index contributed by atoms with van der Waals surface area (Å²) in [6.45, 7) is 1.92. The quantitative estimate of drug-likeness (QED) is 0.623. The van der Waals surface area contributed by atoms with Gasteiger partial charge in [0.1, 0.15) is 11.0 Å². The summed E-state index contributed by atoms with van der Waals surface area (Å²) in [5, 5.41) is 9.50. The number of aromatic nitrogens is 4. The molecule has 4 nitrogen and oxygen atoms in total. The first kappa shape index (κ1) is 11.4. The van der Waals surface area contributed by atoms with Gasteiger partial charge in [0.15, 0.2) is 5.16 Å². The molecule has 0 aliphatic rings. The van der Waals surface area contributed by atoms with E-state index in [2.05, 4.69) is 15.2 Å². The zero-order valence-corrected chi connectivity index (χ0v) is 10.6. The molecule has 0 saturated heterocycles. The summed E-state index contributed by atoms with van der Waals surface area (Å²) < 4.78 is 1.95. The molecule has 0 bridgehead atoms. The van der Waals surface area contributed by atoms with E-state index in [1.54, 1.807) is 18.0 Å². The summed E-state index contributed by atoms with van der Waals surface area (Å²) in [4.78, 5) is 4.03. The minimum absolute atomic E-state index is 0.550. The molecule has 6 heteroatoms. The van der Waals surface area contributed by atoms with E-state index in [0.29, 0.717) is 5.15 Å². The Hall–Kier alpha value is -1.07. The molecule has 16 heavy (non-hydrogen) atoms. The first-order chi connectivity index (χ1) is 7.68. The predicted molar refractivity (Wildman–Crippen MR) is 64.5 cm³/mol. The Morgan fingerprint density at radius 2 is 2.25 bits per heavy atom. The van der Waals surface area contributed by atoms with E-state index in [0.717, 1.165) is 22.3 Å². The van der Waals surface area contributed by atoms with Crippen LogP contribution in [0.15, 0.2) is 23.5 Å². The fourth-order valence-corrected chi connectivity index (χ4v) is 2.39. The summed E-state index contributed by atoms with van der Waals surface area (Å²) in [6, 6.07) is 3.84. The number of thioether (sulfide) groups is 1. The molecule has 0 radical (unpaired) electrons. The third-order valence-corrected chi connectivity index (χ3v) is 3.66. The van der Waals surface area contributed by atoms with Gasteiger partial charge in [-0.3, -0.25) is 0 Å². The van der Waals surface area contributed by atoms with Crippen LogP contribution in [0, 0.1) is 6.92 Å². The van der Waals surface area contributed by atoms with Crippen LogP contribution in [0.5, 0.6) is 0 Å². The van der Waals surface area contributed by atoms with Gasteiger partial charge in [-0.15, -0.1) is 10.2 Å². The Labute approximate surface area is 103 Å². The van der Waals surface area contributed by atoms with Gasteiger partial charge in [-0.1, -0.05) is 29.4 Å². The SMILES string of the molecule is Cc1nnc(SCc2cccnc2Cl)n1C. The molecule has 0 unspecified atom stereocenters. The van der Waals surface area contributed by atoms with Crippen molar-refractivity contribution in [2.45, 2.75) is 17.8 Å². The van der Waals surface area contributed by atoms with E-state index < -0.39 is 0 Å². The fraction of sp³-hybridized carbons (Fsp3) is 0.300. The summed E-state index contributed by atoms with van der Waals surface area (Å²) in [5.41, 5.74) is 1.01. The van der Waals surface area contributed by atoms with Gasteiger partial charge in [-0.25, -0.2) is 4.98 Å². The standard InChI is InChI=1S/C10H11ClN4S/c1-7-13-14-10(15(7)2)16-6-8-4-3-5-12-9(8)11/h3-5H,6H2,1-2H3. The van der Waals surface area contributed by atoms with Gasteiger partial charge in [0.25, 0.3) is 0 Å². The molecule has 0 fully saturated rings. The second-order valence-electron chi connectivity index (χ2n) is 3.33. The predicted octanol–water partition coefficient (Wildman–Crippen LogP) is 2.46. The smallest absolute Gasteiger partial charge is 0.191 e. The molecule has 0 spiro atoms. The van der Waals surface area contributed by atoms with Gasteiger partial charge >= 0.3 is 0 Å². The number of hydrogen-bond donors (Lipinski definition) is 0. The van der Waals surface area contributed by atoms with Gasteiger partial charge < -0.3 is 4.57 Å². The monoisotopic (exact) mass is 254 g/mol. The van der Waals surface area contributed by atoms with Crippen molar-refractivity contribution >= 4 is 23.4 Å². The zero-order chi connectivity index (χ0) is 11.5. The van der Waals surface area contributed by atoms with Crippen LogP contribution in [-0.4, -0.2) is 19.7 Å². The topological polar surface area (TPSA) is 43.6 Å². The lowest BCUT2D eigenvalue weighted by Crippen LogP contribution is -1.94. The lowest BCUT2D eigenvalue weighted by atomic mass is 10.3. The van der Waals surface area contributed by atoms with Crippen molar-refractivity contribution < 1.29 is 0 Å². The fourth-order valence-electron chi connectivity index (χ4n) is 1.18. The highest BCUT2D eigenvalue weighted by Crippen LogP contribution is 2.23. The molecule has 0 amide bonds. The van der Waals surface area contributed by atoms with Crippen molar-refractivity contribution in [1.29, 1.82) is 0 Å². The summed E-state index contributed by atoms with van der Waals surface area (Å²) >= 11 is 7.57. The number of halogens is 1. The van der Waals surface area contributed by atoms with Crippen LogP contribution in [0.3, 0.4) is 0 Å². The number of nitrogens with zero attached hydrogens (tertiary/aromatic N) is 4. The molecule has 0 aromatic carbocycles. The summed E-state index contributed by atoms with van der Waals surface area (Å²) in [7, 11) is 1.95.